The summed E-state index contributed by atoms with van der Waals surface area (Å²) in [7, 11) is 0. The largest absolute Gasteiger partial charge is 0.481 e. The first-order valence-electron chi connectivity index (χ1n) is 5.15. The van der Waals surface area contributed by atoms with Crippen molar-refractivity contribution in [3.8, 4) is 10.4 Å². The second-order valence-electron chi connectivity index (χ2n) is 3.81. The number of thiophene rings is 1. The molecule has 0 aliphatic rings. The summed E-state index contributed by atoms with van der Waals surface area (Å²) in [6, 6.07) is 9.46. The van der Waals surface area contributed by atoms with Gasteiger partial charge in [-0.2, -0.15) is 0 Å². The highest BCUT2D eigenvalue weighted by Crippen LogP contribution is 2.31. The molecule has 0 aliphatic heterocycles. The third-order valence-corrected chi connectivity index (χ3v) is 3.83. The number of aliphatic carboxylic acids is 1. The van der Waals surface area contributed by atoms with E-state index in [1.807, 2.05) is 35.7 Å². The van der Waals surface area contributed by atoms with Gasteiger partial charge < -0.3 is 5.11 Å². The highest BCUT2D eigenvalue weighted by molar-refractivity contribution is 7.13. The van der Waals surface area contributed by atoms with E-state index in [4.69, 9.17) is 16.7 Å². The molecule has 0 fully saturated rings. The summed E-state index contributed by atoms with van der Waals surface area (Å²) >= 11 is 7.46. The van der Waals surface area contributed by atoms with Crippen molar-refractivity contribution < 1.29 is 9.90 Å². The summed E-state index contributed by atoms with van der Waals surface area (Å²) < 4.78 is 0. The highest BCUT2D eigenvalue weighted by Gasteiger charge is 2.15. The lowest BCUT2D eigenvalue weighted by molar-refractivity contribution is -0.138. The van der Waals surface area contributed by atoms with Gasteiger partial charge >= 0.3 is 5.97 Å². The SMILES string of the molecule is CC(C(=O)O)c1csc(-c2cccc(Cl)c2)c1. The molecule has 2 aromatic rings. The van der Waals surface area contributed by atoms with Crippen molar-refractivity contribution in [2.45, 2.75) is 12.8 Å². The normalized spacial score (nSPS) is 12.4. The first-order valence-corrected chi connectivity index (χ1v) is 6.41. The molecule has 2 rings (SSSR count). The molecule has 88 valence electrons. The van der Waals surface area contributed by atoms with Gasteiger partial charge in [0, 0.05) is 9.90 Å². The van der Waals surface area contributed by atoms with Crippen LogP contribution < -0.4 is 0 Å². The topological polar surface area (TPSA) is 37.3 Å². The Morgan fingerprint density at radius 3 is 2.82 bits per heavy atom. The molecule has 17 heavy (non-hydrogen) atoms. The Kier molecular flexibility index (Phi) is 3.50. The molecule has 0 radical (unpaired) electrons. The highest BCUT2D eigenvalue weighted by atomic mass is 35.5. The number of halogens is 1. The first kappa shape index (κ1) is 12.1. The van der Waals surface area contributed by atoms with Gasteiger partial charge in [-0.3, -0.25) is 4.79 Å². The van der Waals surface area contributed by atoms with Gasteiger partial charge in [0.15, 0.2) is 0 Å². The number of hydrogen-bond donors (Lipinski definition) is 1. The van der Waals surface area contributed by atoms with Crippen LogP contribution in [0.3, 0.4) is 0 Å². The van der Waals surface area contributed by atoms with Gasteiger partial charge in [0.1, 0.15) is 0 Å². The molecule has 0 spiro atoms. The summed E-state index contributed by atoms with van der Waals surface area (Å²) in [5.41, 5.74) is 1.85. The zero-order chi connectivity index (χ0) is 12.4. The van der Waals surface area contributed by atoms with Crippen LogP contribution in [0.1, 0.15) is 18.4 Å². The fourth-order valence-corrected chi connectivity index (χ4v) is 2.71. The van der Waals surface area contributed by atoms with Crippen molar-refractivity contribution in [2.24, 2.45) is 0 Å². The second kappa shape index (κ2) is 4.90. The van der Waals surface area contributed by atoms with E-state index in [-0.39, 0.29) is 0 Å². The van der Waals surface area contributed by atoms with Gasteiger partial charge in [-0.15, -0.1) is 11.3 Å². The molecule has 4 heteroatoms. The third-order valence-electron chi connectivity index (χ3n) is 2.60. The number of hydrogen-bond acceptors (Lipinski definition) is 2. The molecule has 1 aromatic carbocycles. The lowest BCUT2D eigenvalue weighted by Crippen LogP contribution is -2.05. The first-order chi connectivity index (χ1) is 8.08. The molecule has 0 saturated carbocycles. The Labute approximate surface area is 108 Å². The molecule has 1 N–H and O–H groups in total. The molecule has 1 heterocycles. The maximum Gasteiger partial charge on any atom is 0.310 e. The van der Waals surface area contributed by atoms with Crippen molar-refractivity contribution in [1.29, 1.82) is 0 Å². The van der Waals surface area contributed by atoms with Crippen LogP contribution in [0.5, 0.6) is 0 Å². The van der Waals surface area contributed by atoms with E-state index < -0.39 is 11.9 Å². The van der Waals surface area contributed by atoms with Crippen LogP contribution in [0.4, 0.5) is 0 Å². The summed E-state index contributed by atoms with van der Waals surface area (Å²) in [5.74, 6) is -1.28. The Balaban J connectivity index is 2.33. The van der Waals surface area contributed by atoms with Gasteiger partial charge in [0.2, 0.25) is 0 Å². The lowest BCUT2D eigenvalue weighted by atomic mass is 10.0. The minimum atomic E-state index is -0.805. The van der Waals surface area contributed by atoms with Crippen molar-refractivity contribution in [3.63, 3.8) is 0 Å². The van der Waals surface area contributed by atoms with Crippen LogP contribution in [0.25, 0.3) is 10.4 Å². The Morgan fingerprint density at radius 2 is 2.18 bits per heavy atom. The summed E-state index contributed by atoms with van der Waals surface area (Å²) in [4.78, 5) is 11.9. The predicted molar refractivity (Wildman–Crippen MR) is 70.8 cm³/mol. The quantitative estimate of drug-likeness (QED) is 0.901. The zero-order valence-electron chi connectivity index (χ0n) is 9.18. The average molecular weight is 267 g/mol. The number of carboxylic acid groups (broad SMARTS) is 1. The Hall–Kier alpha value is -1.32. The van der Waals surface area contributed by atoms with Crippen LogP contribution in [0.2, 0.25) is 5.02 Å². The van der Waals surface area contributed by atoms with E-state index >= 15 is 0 Å². The number of carbonyl (C=O) groups is 1. The van der Waals surface area contributed by atoms with Crippen LogP contribution in [0, 0.1) is 0 Å². The fraction of sp³-hybridized carbons (Fsp3) is 0.154. The van der Waals surface area contributed by atoms with E-state index in [0.717, 1.165) is 16.0 Å². The number of benzene rings is 1. The van der Waals surface area contributed by atoms with Gasteiger partial charge in [-0.25, -0.2) is 0 Å². The van der Waals surface area contributed by atoms with Crippen molar-refractivity contribution in [2.75, 3.05) is 0 Å². The van der Waals surface area contributed by atoms with E-state index in [1.165, 1.54) is 11.3 Å². The Morgan fingerprint density at radius 1 is 1.41 bits per heavy atom. The van der Waals surface area contributed by atoms with Crippen LogP contribution in [0.15, 0.2) is 35.7 Å². The Bertz CT molecular complexity index is 548. The monoisotopic (exact) mass is 266 g/mol. The molecule has 1 atom stereocenters. The lowest BCUT2D eigenvalue weighted by Gasteiger charge is -2.01. The summed E-state index contributed by atoms with van der Waals surface area (Å²) in [6.07, 6.45) is 0. The van der Waals surface area contributed by atoms with E-state index in [1.54, 1.807) is 6.92 Å². The predicted octanol–water partition coefficient (Wildman–Crippen LogP) is 4.26. The molecule has 0 bridgehead atoms. The minimum Gasteiger partial charge on any atom is -0.481 e. The second-order valence-corrected chi connectivity index (χ2v) is 5.16. The maximum absolute atomic E-state index is 10.9. The molecule has 0 saturated heterocycles. The fourth-order valence-electron chi connectivity index (χ4n) is 1.51. The molecule has 1 aromatic heterocycles. The van der Waals surface area contributed by atoms with E-state index in [9.17, 15) is 4.79 Å². The smallest absolute Gasteiger partial charge is 0.310 e. The van der Waals surface area contributed by atoms with Gasteiger partial charge in [0.05, 0.1) is 5.92 Å². The molecule has 2 nitrogen and oxygen atoms in total. The van der Waals surface area contributed by atoms with Gasteiger partial charge in [-0.05, 0) is 41.6 Å². The summed E-state index contributed by atoms with van der Waals surface area (Å²) in [5, 5.41) is 11.5. The summed E-state index contributed by atoms with van der Waals surface area (Å²) in [6.45, 7) is 1.69. The molecule has 0 amide bonds. The van der Waals surface area contributed by atoms with Crippen LogP contribution in [-0.2, 0) is 4.79 Å². The average Bonchev–Trinajstić information content (AvgIpc) is 2.77. The zero-order valence-corrected chi connectivity index (χ0v) is 10.8. The third kappa shape index (κ3) is 2.68. The van der Waals surface area contributed by atoms with Crippen LogP contribution >= 0.6 is 22.9 Å². The van der Waals surface area contributed by atoms with Gasteiger partial charge in [0.25, 0.3) is 0 Å². The standard InChI is InChI=1S/C13H11ClO2S/c1-8(13(15)16)10-6-12(17-7-10)9-3-2-4-11(14)5-9/h2-8H,1H3,(H,15,16). The maximum atomic E-state index is 10.9. The van der Waals surface area contributed by atoms with E-state index in [2.05, 4.69) is 0 Å². The molecular formula is C13H11ClO2S. The minimum absolute atomic E-state index is 0.473. The van der Waals surface area contributed by atoms with E-state index in [0.29, 0.717) is 5.02 Å². The molecular weight excluding hydrogens is 256 g/mol. The van der Waals surface area contributed by atoms with Crippen molar-refractivity contribution >= 4 is 28.9 Å². The van der Waals surface area contributed by atoms with Crippen molar-refractivity contribution in [3.05, 3.63) is 46.3 Å². The number of carboxylic acids is 1. The number of rotatable bonds is 3. The molecule has 1 unspecified atom stereocenters. The van der Waals surface area contributed by atoms with Crippen molar-refractivity contribution in [1.82, 2.24) is 0 Å². The van der Waals surface area contributed by atoms with Crippen LogP contribution in [-0.4, -0.2) is 11.1 Å². The van der Waals surface area contributed by atoms with Gasteiger partial charge in [-0.1, -0.05) is 23.7 Å². The molecule has 0 aliphatic carbocycles.